The van der Waals surface area contributed by atoms with Crippen LogP contribution in [0.15, 0.2) is 10.4 Å². The van der Waals surface area contributed by atoms with Gasteiger partial charge in [-0.2, -0.15) is 0 Å². The van der Waals surface area contributed by atoms with E-state index in [0.29, 0.717) is 5.25 Å². The first kappa shape index (κ1) is 16.2. The molecule has 7 heteroatoms. The zero-order valence-electron chi connectivity index (χ0n) is 13.5. The Morgan fingerprint density at radius 2 is 2.14 bits per heavy atom. The first-order valence-electron chi connectivity index (χ1n) is 7.81. The number of amidine groups is 1. The van der Waals surface area contributed by atoms with Crippen molar-refractivity contribution in [2.75, 3.05) is 39.8 Å². The van der Waals surface area contributed by atoms with E-state index in [2.05, 4.69) is 27.1 Å². The highest BCUT2D eigenvalue weighted by Crippen LogP contribution is 2.24. The summed E-state index contributed by atoms with van der Waals surface area (Å²) in [5.74, 6) is 0. The van der Waals surface area contributed by atoms with E-state index in [9.17, 15) is 0 Å². The second-order valence-corrected chi connectivity index (χ2v) is 8.17. The van der Waals surface area contributed by atoms with Crippen LogP contribution >= 0.6 is 23.1 Å². The monoisotopic (exact) mass is 340 g/mol. The van der Waals surface area contributed by atoms with Gasteiger partial charge in [-0.15, -0.1) is 11.3 Å². The number of aliphatic imine (C=N–C) groups is 1. The number of ether oxygens (including phenoxy) is 1. The highest BCUT2D eigenvalue weighted by molar-refractivity contribution is 8.14. The second kappa shape index (κ2) is 7.29. The predicted molar refractivity (Wildman–Crippen MR) is 93.7 cm³/mol. The molecule has 2 atom stereocenters. The van der Waals surface area contributed by atoms with E-state index in [1.165, 1.54) is 10.9 Å². The summed E-state index contributed by atoms with van der Waals surface area (Å²) in [6, 6.07) is 0. The van der Waals surface area contributed by atoms with Crippen LogP contribution in [0.2, 0.25) is 0 Å². The summed E-state index contributed by atoms with van der Waals surface area (Å²) in [5, 5.41) is 5.12. The number of piperazine rings is 1. The van der Waals surface area contributed by atoms with Crippen molar-refractivity contribution in [2.24, 2.45) is 4.99 Å². The van der Waals surface area contributed by atoms with Crippen molar-refractivity contribution in [2.45, 2.75) is 31.7 Å². The van der Waals surface area contributed by atoms with Gasteiger partial charge in [0.1, 0.15) is 11.1 Å². The van der Waals surface area contributed by atoms with Gasteiger partial charge in [-0.1, -0.05) is 18.7 Å². The molecule has 1 fully saturated rings. The van der Waals surface area contributed by atoms with Crippen LogP contribution in [0.25, 0.3) is 0 Å². The molecule has 2 aliphatic heterocycles. The molecule has 122 valence electrons. The molecule has 0 radical (unpaired) electrons. The summed E-state index contributed by atoms with van der Waals surface area (Å²) in [5.41, 5.74) is 1.17. The van der Waals surface area contributed by atoms with E-state index in [1.807, 2.05) is 18.7 Å². The number of nitrogens with zero attached hydrogens (tertiary/aromatic N) is 4. The molecule has 2 aliphatic rings. The van der Waals surface area contributed by atoms with Crippen LogP contribution in [0.3, 0.4) is 0 Å². The third kappa shape index (κ3) is 3.82. The van der Waals surface area contributed by atoms with Crippen LogP contribution < -0.4 is 0 Å². The molecule has 0 N–H and O–H groups in total. The molecule has 0 unspecified atom stereocenters. The Balaban J connectivity index is 1.48. The molecule has 3 rings (SSSR count). The number of thioether (sulfide) groups is 1. The molecule has 3 heterocycles. The van der Waals surface area contributed by atoms with Crippen LogP contribution in [0.4, 0.5) is 0 Å². The highest BCUT2D eigenvalue weighted by Gasteiger charge is 2.25. The summed E-state index contributed by atoms with van der Waals surface area (Å²) in [6.45, 7) is 10.5. The lowest BCUT2D eigenvalue weighted by molar-refractivity contribution is 0.119. The summed E-state index contributed by atoms with van der Waals surface area (Å²) in [7, 11) is 1.73. The van der Waals surface area contributed by atoms with E-state index in [-0.39, 0.29) is 6.10 Å². The SMILES string of the molecule is CO[C@@H](C)c1nc(CN2CCN(C3=NC[C@@H](C)S3)CC2)cs1. The molecule has 1 aromatic rings. The first-order chi connectivity index (χ1) is 10.7. The van der Waals surface area contributed by atoms with Crippen molar-refractivity contribution < 1.29 is 4.74 Å². The molecule has 0 amide bonds. The zero-order chi connectivity index (χ0) is 15.5. The molecule has 0 bridgehead atoms. The van der Waals surface area contributed by atoms with Gasteiger partial charge in [0.25, 0.3) is 0 Å². The summed E-state index contributed by atoms with van der Waals surface area (Å²) >= 11 is 3.62. The molecule has 5 nitrogen and oxygen atoms in total. The number of thiazole rings is 1. The number of methoxy groups -OCH3 is 1. The molecular formula is C15H24N4OS2. The van der Waals surface area contributed by atoms with E-state index in [1.54, 1.807) is 18.4 Å². The molecule has 0 aromatic carbocycles. The van der Waals surface area contributed by atoms with Crippen molar-refractivity contribution in [3.8, 4) is 0 Å². The molecule has 0 aliphatic carbocycles. The van der Waals surface area contributed by atoms with Crippen LogP contribution in [0, 0.1) is 0 Å². The van der Waals surface area contributed by atoms with Gasteiger partial charge in [-0.05, 0) is 6.92 Å². The van der Waals surface area contributed by atoms with Crippen molar-refractivity contribution in [1.82, 2.24) is 14.8 Å². The smallest absolute Gasteiger partial charge is 0.159 e. The fraction of sp³-hybridized carbons (Fsp3) is 0.733. The van der Waals surface area contributed by atoms with Crippen LogP contribution in [-0.4, -0.2) is 65.0 Å². The minimum absolute atomic E-state index is 0.0926. The third-order valence-electron chi connectivity index (χ3n) is 4.09. The Kier molecular flexibility index (Phi) is 5.38. The number of rotatable bonds is 4. The van der Waals surface area contributed by atoms with Crippen molar-refractivity contribution >= 4 is 28.3 Å². The van der Waals surface area contributed by atoms with E-state index < -0.39 is 0 Å². The molecule has 1 aromatic heterocycles. The van der Waals surface area contributed by atoms with Gasteiger partial charge >= 0.3 is 0 Å². The average Bonchev–Trinajstić information content (AvgIpc) is 3.16. The van der Waals surface area contributed by atoms with Gasteiger partial charge in [0, 0.05) is 50.5 Å². The van der Waals surface area contributed by atoms with Crippen molar-refractivity contribution in [3.63, 3.8) is 0 Å². The number of hydrogen-bond donors (Lipinski definition) is 0. The normalized spacial score (nSPS) is 24.6. The lowest BCUT2D eigenvalue weighted by Crippen LogP contribution is -2.47. The lowest BCUT2D eigenvalue weighted by atomic mass is 10.3. The molecule has 22 heavy (non-hydrogen) atoms. The summed E-state index contributed by atoms with van der Waals surface area (Å²) in [6.07, 6.45) is 0.0926. The van der Waals surface area contributed by atoms with E-state index in [0.717, 1.165) is 44.3 Å². The highest BCUT2D eigenvalue weighted by atomic mass is 32.2. The zero-order valence-corrected chi connectivity index (χ0v) is 15.1. The summed E-state index contributed by atoms with van der Waals surface area (Å²) in [4.78, 5) is 14.3. The Labute approximate surface area is 140 Å². The van der Waals surface area contributed by atoms with Gasteiger partial charge in [0.05, 0.1) is 12.2 Å². The first-order valence-corrected chi connectivity index (χ1v) is 9.57. The van der Waals surface area contributed by atoms with E-state index >= 15 is 0 Å². The van der Waals surface area contributed by atoms with Crippen molar-refractivity contribution in [1.29, 1.82) is 0 Å². The van der Waals surface area contributed by atoms with Crippen LogP contribution in [-0.2, 0) is 11.3 Å². The third-order valence-corrected chi connectivity index (χ3v) is 6.29. The molecule has 1 saturated heterocycles. The lowest BCUT2D eigenvalue weighted by Gasteiger charge is -2.35. The summed E-state index contributed by atoms with van der Waals surface area (Å²) < 4.78 is 5.33. The van der Waals surface area contributed by atoms with Gasteiger partial charge in [-0.25, -0.2) is 4.98 Å². The van der Waals surface area contributed by atoms with Gasteiger partial charge in [0.2, 0.25) is 0 Å². The maximum absolute atomic E-state index is 5.33. The predicted octanol–water partition coefficient (Wildman–Crippen LogP) is 2.46. The minimum atomic E-state index is 0.0926. The maximum Gasteiger partial charge on any atom is 0.159 e. The van der Waals surface area contributed by atoms with Crippen LogP contribution in [0.1, 0.15) is 30.7 Å². The van der Waals surface area contributed by atoms with Gasteiger partial charge < -0.3 is 9.64 Å². The van der Waals surface area contributed by atoms with Crippen LogP contribution in [0.5, 0.6) is 0 Å². The van der Waals surface area contributed by atoms with E-state index in [4.69, 9.17) is 9.72 Å². The second-order valence-electron chi connectivity index (χ2n) is 5.87. The topological polar surface area (TPSA) is 41.0 Å². The Bertz CT molecular complexity index is 525. The quantitative estimate of drug-likeness (QED) is 0.842. The largest absolute Gasteiger partial charge is 0.375 e. The Morgan fingerprint density at radius 3 is 2.77 bits per heavy atom. The maximum atomic E-state index is 5.33. The average molecular weight is 341 g/mol. The molecule has 0 saturated carbocycles. The number of aromatic nitrogens is 1. The fourth-order valence-corrected chi connectivity index (χ4v) is 4.48. The Hall–Kier alpha value is -0.630. The standard InChI is InChI=1S/C15H24N4OS2/c1-11-8-16-15(22-11)19-6-4-18(5-7-19)9-13-10-21-14(17-13)12(2)20-3/h10-12H,4-9H2,1-3H3/t11-,12+/m1/s1. The fourth-order valence-electron chi connectivity index (χ4n) is 2.64. The molecular weight excluding hydrogens is 316 g/mol. The van der Waals surface area contributed by atoms with Crippen molar-refractivity contribution in [3.05, 3.63) is 16.1 Å². The number of hydrogen-bond acceptors (Lipinski definition) is 7. The molecule has 0 spiro atoms. The Morgan fingerprint density at radius 1 is 1.36 bits per heavy atom. The van der Waals surface area contributed by atoms with Gasteiger partial charge in [-0.3, -0.25) is 9.89 Å². The minimum Gasteiger partial charge on any atom is -0.375 e. The van der Waals surface area contributed by atoms with Gasteiger partial charge in [0.15, 0.2) is 5.17 Å².